The Labute approximate surface area is 350 Å². The Morgan fingerprint density at radius 3 is 1.04 bits per heavy atom. The lowest BCUT2D eigenvalue weighted by Crippen LogP contribution is -2.44. The molecule has 0 N–H and O–H groups in total. The van der Waals surface area contributed by atoms with Crippen LogP contribution in [0.2, 0.25) is 0 Å². The SMILES string of the molecule is CCCCCCCCC(CCCCCCCC)COC(=O)CCN(CCC(=O)OCC(CCCCCCCC)CCCCCCCC)C1CCC(N(C)C)CC1. The number of esters is 2. The lowest BCUT2D eigenvalue weighted by molar-refractivity contribution is -0.146. The minimum absolute atomic E-state index is 0.0670. The second-order valence-corrected chi connectivity index (χ2v) is 18.3. The molecule has 1 rings (SSSR count). The van der Waals surface area contributed by atoms with Gasteiger partial charge < -0.3 is 14.4 Å². The van der Waals surface area contributed by atoms with Crippen molar-refractivity contribution in [3.8, 4) is 0 Å². The molecule has 0 aliphatic heterocycles. The van der Waals surface area contributed by atoms with Crippen molar-refractivity contribution >= 4 is 11.9 Å². The summed E-state index contributed by atoms with van der Waals surface area (Å²) in [6, 6.07) is 1.03. The maximum Gasteiger partial charge on any atom is 0.307 e. The lowest BCUT2D eigenvalue weighted by atomic mass is 9.89. The Balaban J connectivity index is 2.71. The summed E-state index contributed by atoms with van der Waals surface area (Å²) >= 11 is 0. The Morgan fingerprint density at radius 1 is 0.446 bits per heavy atom. The van der Waals surface area contributed by atoms with Crippen LogP contribution in [0.25, 0.3) is 0 Å². The highest BCUT2D eigenvalue weighted by atomic mass is 16.5. The fourth-order valence-corrected chi connectivity index (χ4v) is 8.93. The van der Waals surface area contributed by atoms with Crippen LogP contribution in [-0.2, 0) is 19.1 Å². The van der Waals surface area contributed by atoms with Crippen LogP contribution in [0.3, 0.4) is 0 Å². The molecule has 0 atom stereocenters. The van der Waals surface area contributed by atoms with E-state index in [1.54, 1.807) is 0 Å². The average Bonchev–Trinajstić information content (AvgIpc) is 3.20. The van der Waals surface area contributed by atoms with Crippen molar-refractivity contribution in [1.82, 2.24) is 9.80 Å². The van der Waals surface area contributed by atoms with E-state index in [4.69, 9.17) is 9.47 Å². The fraction of sp³-hybridized carbons (Fsp3) is 0.960. The molecule has 0 amide bonds. The number of unbranched alkanes of at least 4 members (excludes halogenated alkanes) is 20. The van der Waals surface area contributed by atoms with Crippen LogP contribution in [-0.4, -0.2) is 74.2 Å². The van der Waals surface area contributed by atoms with E-state index >= 15 is 0 Å². The molecule has 0 spiro atoms. The number of rotatable bonds is 40. The van der Waals surface area contributed by atoms with Crippen LogP contribution in [0.5, 0.6) is 0 Å². The van der Waals surface area contributed by atoms with Gasteiger partial charge in [0.2, 0.25) is 0 Å². The minimum Gasteiger partial charge on any atom is -0.465 e. The highest BCUT2D eigenvalue weighted by Gasteiger charge is 2.28. The number of carbonyl (C=O) groups excluding carboxylic acids is 2. The molecule has 1 aliphatic rings. The summed E-state index contributed by atoms with van der Waals surface area (Å²) in [4.78, 5) is 31.3. The van der Waals surface area contributed by atoms with Crippen molar-refractivity contribution in [3.05, 3.63) is 0 Å². The van der Waals surface area contributed by atoms with Crippen LogP contribution in [0.15, 0.2) is 0 Å². The summed E-state index contributed by atoms with van der Waals surface area (Å²) in [5, 5.41) is 0. The van der Waals surface area contributed by atoms with Gasteiger partial charge in [0, 0.05) is 25.2 Å². The molecular formula is C50H98N2O4. The molecule has 0 unspecified atom stereocenters. The summed E-state index contributed by atoms with van der Waals surface area (Å²) in [5.74, 6) is 0.828. The second kappa shape index (κ2) is 38.1. The zero-order valence-corrected chi connectivity index (χ0v) is 38.7. The molecule has 332 valence electrons. The Bertz CT molecular complexity index is 785. The van der Waals surface area contributed by atoms with Crippen molar-refractivity contribution in [3.63, 3.8) is 0 Å². The van der Waals surface area contributed by atoms with E-state index in [2.05, 4.69) is 51.6 Å². The molecular weight excluding hydrogens is 693 g/mol. The third-order valence-corrected chi connectivity index (χ3v) is 12.9. The van der Waals surface area contributed by atoms with Gasteiger partial charge in [-0.1, -0.05) is 182 Å². The largest absolute Gasteiger partial charge is 0.465 e. The molecule has 6 heteroatoms. The third kappa shape index (κ3) is 30.0. The van der Waals surface area contributed by atoms with E-state index < -0.39 is 0 Å². The highest BCUT2D eigenvalue weighted by molar-refractivity contribution is 5.70. The molecule has 0 radical (unpaired) electrons. The van der Waals surface area contributed by atoms with Gasteiger partial charge in [-0.25, -0.2) is 0 Å². The molecule has 56 heavy (non-hydrogen) atoms. The van der Waals surface area contributed by atoms with Crippen molar-refractivity contribution < 1.29 is 19.1 Å². The Hall–Kier alpha value is -1.14. The van der Waals surface area contributed by atoms with E-state index in [-0.39, 0.29) is 11.9 Å². The van der Waals surface area contributed by atoms with Crippen LogP contribution in [0.4, 0.5) is 0 Å². The maximum atomic E-state index is 13.3. The minimum atomic E-state index is -0.0670. The van der Waals surface area contributed by atoms with Gasteiger partial charge in [-0.2, -0.15) is 0 Å². The van der Waals surface area contributed by atoms with E-state index in [0.717, 1.165) is 12.8 Å². The number of hydrogen-bond acceptors (Lipinski definition) is 6. The topological polar surface area (TPSA) is 59.1 Å². The molecule has 0 aromatic heterocycles. The first kappa shape index (κ1) is 52.9. The zero-order valence-electron chi connectivity index (χ0n) is 38.7. The van der Waals surface area contributed by atoms with Crippen LogP contribution < -0.4 is 0 Å². The number of ether oxygens (including phenoxy) is 2. The summed E-state index contributed by atoms with van der Waals surface area (Å²) < 4.78 is 12.1. The van der Waals surface area contributed by atoms with Crippen LogP contribution in [0.1, 0.15) is 246 Å². The van der Waals surface area contributed by atoms with Gasteiger partial charge >= 0.3 is 11.9 Å². The first-order valence-corrected chi connectivity index (χ1v) is 25.1. The number of carbonyl (C=O) groups is 2. The summed E-state index contributed by atoms with van der Waals surface area (Å²) in [6.45, 7) is 11.6. The van der Waals surface area contributed by atoms with E-state index in [1.807, 2.05) is 0 Å². The predicted octanol–water partition coefficient (Wildman–Crippen LogP) is 14.3. The standard InChI is InChI=1S/C50H98N2O4/c1-7-11-15-19-23-27-31-45(32-28-24-20-16-12-8-2)43-55-49(53)39-41-52(48-37-35-47(36-38-48)51(5)6)42-40-50(54)56-44-46(33-29-25-21-17-13-9-3)34-30-26-22-18-14-10-4/h45-48H,7-44H2,1-6H3. The molecule has 0 bridgehead atoms. The zero-order chi connectivity index (χ0) is 40.9. The second-order valence-electron chi connectivity index (χ2n) is 18.3. The summed E-state index contributed by atoms with van der Waals surface area (Å²) in [7, 11) is 4.38. The van der Waals surface area contributed by atoms with Gasteiger partial charge in [-0.15, -0.1) is 0 Å². The van der Waals surface area contributed by atoms with Crippen LogP contribution in [0, 0.1) is 11.8 Å². The molecule has 0 aromatic rings. The van der Waals surface area contributed by atoms with Crippen molar-refractivity contribution in [2.75, 3.05) is 40.4 Å². The first-order chi connectivity index (χ1) is 27.3. The van der Waals surface area contributed by atoms with Gasteiger partial charge in [0.05, 0.1) is 26.1 Å². The molecule has 1 fully saturated rings. The van der Waals surface area contributed by atoms with Crippen LogP contribution >= 0.6 is 0 Å². The predicted molar refractivity (Wildman–Crippen MR) is 241 cm³/mol. The highest BCUT2D eigenvalue weighted by Crippen LogP contribution is 2.27. The van der Waals surface area contributed by atoms with E-state index in [0.29, 0.717) is 63.1 Å². The maximum absolute atomic E-state index is 13.3. The monoisotopic (exact) mass is 791 g/mol. The smallest absolute Gasteiger partial charge is 0.307 e. The lowest BCUT2D eigenvalue weighted by Gasteiger charge is -2.38. The van der Waals surface area contributed by atoms with Gasteiger partial charge in [0.25, 0.3) is 0 Å². The Morgan fingerprint density at radius 2 is 0.732 bits per heavy atom. The number of hydrogen-bond donors (Lipinski definition) is 0. The number of nitrogens with zero attached hydrogens (tertiary/aromatic N) is 2. The van der Waals surface area contributed by atoms with Crippen molar-refractivity contribution in [2.45, 2.75) is 258 Å². The molecule has 1 aliphatic carbocycles. The van der Waals surface area contributed by atoms with Gasteiger partial charge in [-0.3, -0.25) is 14.5 Å². The summed E-state index contributed by atoms with van der Waals surface area (Å²) in [5.41, 5.74) is 0. The van der Waals surface area contributed by atoms with Gasteiger partial charge in [0.1, 0.15) is 0 Å². The normalized spacial score (nSPS) is 16.1. The third-order valence-electron chi connectivity index (χ3n) is 12.9. The van der Waals surface area contributed by atoms with Crippen molar-refractivity contribution in [2.24, 2.45) is 11.8 Å². The fourth-order valence-electron chi connectivity index (χ4n) is 8.93. The van der Waals surface area contributed by atoms with Crippen molar-refractivity contribution in [1.29, 1.82) is 0 Å². The quantitative estimate of drug-likeness (QED) is 0.0455. The van der Waals surface area contributed by atoms with E-state index in [1.165, 1.54) is 193 Å². The first-order valence-electron chi connectivity index (χ1n) is 25.1. The molecule has 0 heterocycles. The van der Waals surface area contributed by atoms with Gasteiger partial charge in [0.15, 0.2) is 0 Å². The molecule has 0 saturated heterocycles. The van der Waals surface area contributed by atoms with Gasteiger partial charge in [-0.05, 0) is 77.3 Å². The molecule has 0 aromatic carbocycles. The molecule has 1 saturated carbocycles. The summed E-state index contributed by atoms with van der Waals surface area (Å²) in [6.07, 6.45) is 41.5. The molecule has 6 nitrogen and oxygen atoms in total. The van der Waals surface area contributed by atoms with E-state index in [9.17, 15) is 9.59 Å². The Kier molecular flexibility index (Phi) is 36.0. The average molecular weight is 791 g/mol.